The van der Waals surface area contributed by atoms with E-state index < -0.39 is 22.5 Å². The lowest BCUT2D eigenvalue weighted by Gasteiger charge is -2.22. The molecule has 3 rings (SSSR count). The number of benzene rings is 3. The second kappa shape index (κ2) is 11.5. The number of carbonyl (C=O) groups is 1. The second-order valence-corrected chi connectivity index (χ2v) is 10.9. The van der Waals surface area contributed by atoms with Gasteiger partial charge in [0.1, 0.15) is 0 Å². The topological polar surface area (TPSA) is 78.8 Å². The molecule has 0 aliphatic rings. The predicted octanol–water partition coefficient (Wildman–Crippen LogP) is 5.95. The van der Waals surface area contributed by atoms with Gasteiger partial charge in [0.2, 0.25) is 10.0 Å². The van der Waals surface area contributed by atoms with Crippen LogP contribution in [0.15, 0.2) is 70.7 Å². The van der Waals surface area contributed by atoms with Crippen molar-refractivity contribution in [3.05, 3.63) is 97.4 Å². The summed E-state index contributed by atoms with van der Waals surface area (Å²) in [5.74, 6) is -0.642. The Morgan fingerprint density at radius 3 is 2.29 bits per heavy atom. The van der Waals surface area contributed by atoms with Crippen molar-refractivity contribution in [1.29, 1.82) is 0 Å². The van der Waals surface area contributed by atoms with Crippen LogP contribution >= 0.6 is 46.4 Å². The number of carbonyl (C=O) groups excluding carboxylic acids is 1. The Morgan fingerprint density at radius 2 is 1.65 bits per heavy atom. The molecule has 0 spiro atoms. The number of amides is 1. The molecule has 1 N–H and O–H groups in total. The summed E-state index contributed by atoms with van der Waals surface area (Å²) < 4.78 is 27.7. The molecule has 34 heavy (non-hydrogen) atoms. The second-order valence-electron chi connectivity index (χ2n) is 7.29. The van der Waals surface area contributed by atoms with Gasteiger partial charge in [-0.05, 0) is 54.4 Å². The van der Waals surface area contributed by atoms with Crippen molar-refractivity contribution in [2.24, 2.45) is 5.10 Å². The van der Waals surface area contributed by atoms with E-state index in [4.69, 9.17) is 46.4 Å². The molecule has 6 nitrogen and oxygen atoms in total. The van der Waals surface area contributed by atoms with Gasteiger partial charge < -0.3 is 0 Å². The van der Waals surface area contributed by atoms with E-state index in [1.807, 2.05) is 6.92 Å². The Hall–Kier alpha value is -2.13. The van der Waals surface area contributed by atoms with Gasteiger partial charge in [-0.25, -0.2) is 13.8 Å². The zero-order valence-corrected chi connectivity index (χ0v) is 21.6. The van der Waals surface area contributed by atoms with Crippen LogP contribution in [0, 0.1) is 6.92 Å². The largest absolute Gasteiger partial charge is 0.272 e. The van der Waals surface area contributed by atoms with Crippen LogP contribution in [-0.4, -0.2) is 31.4 Å². The minimum atomic E-state index is -4.03. The Morgan fingerprint density at radius 1 is 0.941 bits per heavy atom. The van der Waals surface area contributed by atoms with E-state index in [0.717, 1.165) is 9.87 Å². The first-order chi connectivity index (χ1) is 16.1. The molecular weight excluding hydrogens is 540 g/mol. The first-order valence-corrected chi connectivity index (χ1v) is 12.8. The highest BCUT2D eigenvalue weighted by Gasteiger charge is 2.27. The smallest absolute Gasteiger partial charge is 0.255 e. The van der Waals surface area contributed by atoms with E-state index in [2.05, 4.69) is 10.5 Å². The number of nitrogens with zero attached hydrogens (tertiary/aromatic N) is 2. The summed E-state index contributed by atoms with van der Waals surface area (Å²) in [4.78, 5) is 12.6. The Balaban J connectivity index is 1.82. The molecule has 0 radical (unpaired) electrons. The van der Waals surface area contributed by atoms with Crippen LogP contribution in [0.5, 0.6) is 0 Å². The van der Waals surface area contributed by atoms with Gasteiger partial charge in [-0.3, -0.25) is 4.79 Å². The monoisotopic (exact) mass is 557 g/mol. The fraction of sp³-hybridized carbons (Fsp3) is 0.130. The highest BCUT2D eigenvalue weighted by Crippen LogP contribution is 2.25. The van der Waals surface area contributed by atoms with E-state index in [1.54, 1.807) is 42.5 Å². The van der Waals surface area contributed by atoms with Gasteiger partial charge in [0.15, 0.2) is 0 Å². The zero-order chi connectivity index (χ0) is 24.9. The number of rotatable bonds is 8. The molecular formula is C23H19Cl4N3O3S. The normalized spacial score (nSPS) is 11.8. The van der Waals surface area contributed by atoms with Crippen molar-refractivity contribution in [2.45, 2.75) is 18.4 Å². The SMILES string of the molecule is Cc1ccc(S(=O)(=O)N(CC(=O)N/N=C\c2ccc(Cl)c(Cl)c2)Cc2ccc(Cl)cc2Cl)cc1. The summed E-state index contributed by atoms with van der Waals surface area (Å²) in [6.45, 7) is 1.21. The molecule has 0 heterocycles. The number of aryl methyl sites for hydroxylation is 1. The summed E-state index contributed by atoms with van der Waals surface area (Å²) in [6, 6.07) is 15.9. The summed E-state index contributed by atoms with van der Waals surface area (Å²) in [6.07, 6.45) is 1.37. The number of halogens is 4. The molecule has 0 aromatic heterocycles. The highest BCUT2D eigenvalue weighted by atomic mass is 35.5. The maximum atomic E-state index is 13.3. The molecule has 0 aliphatic heterocycles. The molecule has 3 aromatic carbocycles. The van der Waals surface area contributed by atoms with Crippen molar-refractivity contribution in [3.63, 3.8) is 0 Å². The third-order valence-electron chi connectivity index (χ3n) is 4.69. The Bertz CT molecular complexity index is 1330. The van der Waals surface area contributed by atoms with E-state index in [1.165, 1.54) is 24.4 Å². The molecule has 178 valence electrons. The van der Waals surface area contributed by atoms with Crippen LogP contribution < -0.4 is 5.43 Å². The Kier molecular flexibility index (Phi) is 8.98. The number of hydrazone groups is 1. The molecule has 3 aromatic rings. The van der Waals surface area contributed by atoms with Crippen LogP contribution in [0.25, 0.3) is 0 Å². The first kappa shape index (κ1) is 26.5. The van der Waals surface area contributed by atoms with Crippen molar-refractivity contribution in [2.75, 3.05) is 6.54 Å². The fourth-order valence-electron chi connectivity index (χ4n) is 2.89. The first-order valence-electron chi connectivity index (χ1n) is 9.84. The molecule has 0 aliphatic carbocycles. The third-order valence-corrected chi connectivity index (χ3v) is 7.82. The molecule has 0 saturated heterocycles. The molecule has 11 heteroatoms. The summed E-state index contributed by atoms with van der Waals surface area (Å²) >= 11 is 24.1. The Labute approximate surface area is 218 Å². The molecule has 0 atom stereocenters. The standard InChI is InChI=1S/C23H19Cl4N3O3S/c1-15-2-7-19(8-3-15)34(32,33)30(13-17-5-6-18(24)11-21(17)26)14-23(31)29-28-12-16-4-9-20(25)22(27)10-16/h2-12H,13-14H2,1H3,(H,29,31)/b28-12-. The molecule has 0 bridgehead atoms. The lowest BCUT2D eigenvalue weighted by molar-refractivity contribution is -0.121. The van der Waals surface area contributed by atoms with Crippen molar-refractivity contribution in [3.8, 4) is 0 Å². The van der Waals surface area contributed by atoms with Gasteiger partial charge in [0.05, 0.1) is 27.7 Å². The van der Waals surface area contributed by atoms with Crippen LogP contribution in [0.4, 0.5) is 0 Å². The quantitative estimate of drug-likeness (QED) is 0.274. The third kappa shape index (κ3) is 6.95. The highest BCUT2D eigenvalue weighted by molar-refractivity contribution is 7.89. The van der Waals surface area contributed by atoms with Crippen molar-refractivity contribution in [1.82, 2.24) is 9.73 Å². The van der Waals surface area contributed by atoms with Crippen LogP contribution in [0.3, 0.4) is 0 Å². The lowest BCUT2D eigenvalue weighted by Crippen LogP contribution is -2.39. The number of hydrogen-bond donors (Lipinski definition) is 1. The zero-order valence-electron chi connectivity index (χ0n) is 17.8. The lowest BCUT2D eigenvalue weighted by atomic mass is 10.2. The number of nitrogens with one attached hydrogen (secondary N) is 1. The van der Waals surface area contributed by atoms with Crippen LogP contribution in [0.2, 0.25) is 20.1 Å². The molecule has 0 fully saturated rings. The minimum Gasteiger partial charge on any atom is -0.272 e. The van der Waals surface area contributed by atoms with Crippen LogP contribution in [0.1, 0.15) is 16.7 Å². The minimum absolute atomic E-state index is 0.0512. The maximum absolute atomic E-state index is 13.3. The van der Waals surface area contributed by atoms with E-state index >= 15 is 0 Å². The van der Waals surface area contributed by atoms with E-state index in [-0.39, 0.29) is 16.5 Å². The molecule has 0 unspecified atom stereocenters. The molecule has 0 saturated carbocycles. The van der Waals surface area contributed by atoms with E-state index in [0.29, 0.717) is 26.2 Å². The van der Waals surface area contributed by atoms with Crippen LogP contribution in [-0.2, 0) is 21.4 Å². The van der Waals surface area contributed by atoms with Gasteiger partial charge >= 0.3 is 0 Å². The average molecular weight is 559 g/mol. The predicted molar refractivity (Wildman–Crippen MR) is 137 cm³/mol. The van der Waals surface area contributed by atoms with Gasteiger partial charge in [-0.1, -0.05) is 76.2 Å². The van der Waals surface area contributed by atoms with E-state index in [9.17, 15) is 13.2 Å². The summed E-state index contributed by atoms with van der Waals surface area (Å²) in [5, 5.41) is 5.31. The van der Waals surface area contributed by atoms with Gasteiger partial charge in [-0.15, -0.1) is 0 Å². The van der Waals surface area contributed by atoms with Crippen molar-refractivity contribution >= 4 is 68.5 Å². The van der Waals surface area contributed by atoms with Crippen molar-refractivity contribution < 1.29 is 13.2 Å². The maximum Gasteiger partial charge on any atom is 0.255 e. The number of sulfonamides is 1. The number of hydrogen-bond acceptors (Lipinski definition) is 4. The fourth-order valence-corrected chi connectivity index (χ4v) is 5.04. The van der Waals surface area contributed by atoms with Gasteiger partial charge in [0, 0.05) is 16.6 Å². The summed E-state index contributed by atoms with van der Waals surface area (Å²) in [5.41, 5.74) is 4.33. The summed E-state index contributed by atoms with van der Waals surface area (Å²) in [7, 11) is -4.03. The van der Waals surface area contributed by atoms with Gasteiger partial charge in [-0.2, -0.15) is 9.41 Å². The average Bonchev–Trinajstić information content (AvgIpc) is 2.77. The van der Waals surface area contributed by atoms with Gasteiger partial charge in [0.25, 0.3) is 5.91 Å². The molecule has 1 amide bonds.